The molecular formula is C15H18N2O3. The minimum absolute atomic E-state index is 0.00518. The normalized spacial score (nSPS) is 27.6. The number of carbonyl (C=O) groups is 1. The first-order valence-electron chi connectivity index (χ1n) is 7.11. The molecule has 2 fully saturated rings. The molecular weight excluding hydrogens is 256 g/mol. The molecule has 0 unspecified atom stereocenters. The molecule has 5 heteroatoms. The second-order valence-corrected chi connectivity index (χ2v) is 5.96. The highest BCUT2D eigenvalue weighted by molar-refractivity contribution is 5.96. The monoisotopic (exact) mass is 274 g/mol. The average Bonchev–Trinajstić information content (AvgIpc) is 3.00. The number of fused-ring (bicyclic) bond motifs is 2. The zero-order valence-corrected chi connectivity index (χ0v) is 11.5. The van der Waals surface area contributed by atoms with E-state index in [1.165, 1.54) is 25.3 Å². The van der Waals surface area contributed by atoms with Gasteiger partial charge in [-0.1, -0.05) is 12.5 Å². The molecule has 0 aromatic heterocycles. The lowest BCUT2D eigenvalue weighted by molar-refractivity contribution is -0.385. The van der Waals surface area contributed by atoms with Crippen LogP contribution in [0, 0.1) is 28.9 Å². The molecule has 20 heavy (non-hydrogen) atoms. The maximum atomic E-state index is 12.3. The highest BCUT2D eigenvalue weighted by atomic mass is 16.6. The van der Waals surface area contributed by atoms with Gasteiger partial charge in [0.15, 0.2) is 0 Å². The van der Waals surface area contributed by atoms with Crippen LogP contribution < -0.4 is 5.32 Å². The van der Waals surface area contributed by atoms with E-state index >= 15 is 0 Å². The van der Waals surface area contributed by atoms with Crippen LogP contribution in [0.1, 0.15) is 41.6 Å². The van der Waals surface area contributed by atoms with Crippen molar-refractivity contribution in [2.75, 3.05) is 0 Å². The number of hydrogen-bond acceptors (Lipinski definition) is 3. The molecule has 1 amide bonds. The smallest absolute Gasteiger partial charge is 0.273 e. The second kappa shape index (κ2) is 4.89. The van der Waals surface area contributed by atoms with Gasteiger partial charge >= 0.3 is 0 Å². The molecule has 2 aliphatic carbocycles. The third-order valence-corrected chi connectivity index (χ3v) is 4.80. The van der Waals surface area contributed by atoms with Crippen LogP contribution in [0.4, 0.5) is 5.69 Å². The fourth-order valence-corrected chi connectivity index (χ4v) is 3.73. The Kier molecular flexibility index (Phi) is 3.20. The van der Waals surface area contributed by atoms with Gasteiger partial charge in [-0.2, -0.15) is 0 Å². The van der Waals surface area contributed by atoms with Crippen molar-refractivity contribution in [3.63, 3.8) is 0 Å². The van der Waals surface area contributed by atoms with Gasteiger partial charge in [0.1, 0.15) is 0 Å². The van der Waals surface area contributed by atoms with E-state index < -0.39 is 4.92 Å². The topological polar surface area (TPSA) is 72.2 Å². The van der Waals surface area contributed by atoms with E-state index in [1.807, 2.05) is 0 Å². The fraction of sp³-hybridized carbons (Fsp3) is 0.533. The molecule has 1 aromatic carbocycles. The summed E-state index contributed by atoms with van der Waals surface area (Å²) in [6.07, 6.45) is 4.76. The number of nitrogens with one attached hydrogen (secondary N) is 1. The van der Waals surface area contributed by atoms with Gasteiger partial charge < -0.3 is 5.32 Å². The van der Waals surface area contributed by atoms with Gasteiger partial charge in [0.2, 0.25) is 0 Å². The molecule has 0 spiro atoms. The van der Waals surface area contributed by atoms with Crippen molar-refractivity contribution in [2.45, 2.75) is 38.6 Å². The fourth-order valence-electron chi connectivity index (χ4n) is 3.73. The van der Waals surface area contributed by atoms with Gasteiger partial charge in [0.25, 0.3) is 11.6 Å². The molecule has 0 radical (unpaired) electrons. The second-order valence-electron chi connectivity index (χ2n) is 5.96. The molecule has 5 nitrogen and oxygen atoms in total. The quantitative estimate of drug-likeness (QED) is 0.680. The van der Waals surface area contributed by atoms with Gasteiger partial charge in [-0.15, -0.1) is 0 Å². The van der Waals surface area contributed by atoms with Crippen LogP contribution in [-0.4, -0.2) is 16.9 Å². The molecule has 1 N–H and O–H groups in total. The van der Waals surface area contributed by atoms with Crippen LogP contribution >= 0.6 is 0 Å². The molecule has 106 valence electrons. The highest BCUT2D eigenvalue weighted by Gasteiger charge is 2.40. The number of nitro benzene ring substituents is 1. The van der Waals surface area contributed by atoms with Gasteiger partial charge in [0.05, 0.1) is 4.92 Å². The van der Waals surface area contributed by atoms with E-state index in [9.17, 15) is 14.9 Å². The van der Waals surface area contributed by atoms with Crippen LogP contribution in [0.15, 0.2) is 18.2 Å². The van der Waals surface area contributed by atoms with Crippen molar-refractivity contribution in [3.8, 4) is 0 Å². The standard InChI is InChI=1S/C15H18N2O3/c1-9-12(3-2-4-14(9)17(19)20)15(18)16-13-8-10-5-6-11(13)7-10/h2-4,10-11,13H,5-8H2,1H3,(H,16,18)/t10-,11-,13-/m1/s1. The number of carbonyl (C=O) groups excluding carboxylic acids is 1. The van der Waals surface area contributed by atoms with Crippen molar-refractivity contribution >= 4 is 11.6 Å². The Hall–Kier alpha value is -1.91. The minimum atomic E-state index is -0.441. The first-order chi connectivity index (χ1) is 9.56. The number of hydrogen-bond donors (Lipinski definition) is 1. The molecule has 0 aliphatic heterocycles. The van der Waals surface area contributed by atoms with Gasteiger partial charge in [-0.05, 0) is 44.1 Å². The summed E-state index contributed by atoms with van der Waals surface area (Å²) in [5, 5.41) is 14.0. The molecule has 2 saturated carbocycles. The number of rotatable bonds is 3. The largest absolute Gasteiger partial charge is 0.349 e. The maximum Gasteiger partial charge on any atom is 0.273 e. The third-order valence-electron chi connectivity index (χ3n) is 4.80. The molecule has 3 rings (SSSR count). The summed E-state index contributed by atoms with van der Waals surface area (Å²) < 4.78 is 0. The Balaban J connectivity index is 1.77. The minimum Gasteiger partial charge on any atom is -0.349 e. The van der Waals surface area contributed by atoms with Gasteiger partial charge in [0, 0.05) is 23.2 Å². The van der Waals surface area contributed by atoms with E-state index in [0.29, 0.717) is 17.0 Å². The molecule has 2 bridgehead atoms. The van der Waals surface area contributed by atoms with Crippen molar-refractivity contribution < 1.29 is 9.72 Å². The lowest BCUT2D eigenvalue weighted by Crippen LogP contribution is -2.38. The Morgan fingerprint density at radius 1 is 1.35 bits per heavy atom. The Bertz CT molecular complexity index is 570. The van der Waals surface area contributed by atoms with Gasteiger partial charge in [-0.25, -0.2) is 0 Å². The summed E-state index contributed by atoms with van der Waals surface area (Å²) in [7, 11) is 0. The van der Waals surface area contributed by atoms with Crippen LogP contribution in [0.2, 0.25) is 0 Å². The Morgan fingerprint density at radius 2 is 2.15 bits per heavy atom. The van der Waals surface area contributed by atoms with Crippen LogP contribution in [-0.2, 0) is 0 Å². The van der Waals surface area contributed by atoms with E-state index in [-0.39, 0.29) is 17.6 Å². The summed E-state index contributed by atoms with van der Waals surface area (Å²) >= 11 is 0. The zero-order valence-electron chi connectivity index (χ0n) is 11.5. The van der Waals surface area contributed by atoms with Crippen molar-refractivity contribution in [1.29, 1.82) is 0 Å². The van der Waals surface area contributed by atoms with Crippen LogP contribution in [0.3, 0.4) is 0 Å². The summed E-state index contributed by atoms with van der Waals surface area (Å²) in [4.78, 5) is 22.8. The summed E-state index contributed by atoms with van der Waals surface area (Å²) in [6.45, 7) is 1.63. The van der Waals surface area contributed by atoms with Crippen molar-refractivity contribution in [1.82, 2.24) is 5.32 Å². The van der Waals surface area contributed by atoms with E-state index in [1.54, 1.807) is 19.1 Å². The first-order valence-corrected chi connectivity index (χ1v) is 7.11. The van der Waals surface area contributed by atoms with Crippen molar-refractivity contribution in [3.05, 3.63) is 39.4 Å². The molecule has 2 aliphatic rings. The van der Waals surface area contributed by atoms with Crippen LogP contribution in [0.5, 0.6) is 0 Å². The summed E-state index contributed by atoms with van der Waals surface area (Å²) in [5.41, 5.74) is 0.866. The number of nitrogens with zero attached hydrogens (tertiary/aromatic N) is 1. The Labute approximate surface area is 117 Å². The van der Waals surface area contributed by atoms with Gasteiger partial charge in [-0.3, -0.25) is 14.9 Å². The average molecular weight is 274 g/mol. The number of benzene rings is 1. The Morgan fingerprint density at radius 3 is 2.75 bits per heavy atom. The molecule has 3 atom stereocenters. The van der Waals surface area contributed by atoms with E-state index in [4.69, 9.17) is 0 Å². The predicted octanol–water partition coefficient (Wildman–Crippen LogP) is 2.82. The van der Waals surface area contributed by atoms with E-state index in [2.05, 4.69) is 5.32 Å². The zero-order chi connectivity index (χ0) is 14.3. The first kappa shape index (κ1) is 13.1. The number of nitro groups is 1. The molecule has 0 saturated heterocycles. The number of amides is 1. The lowest BCUT2D eigenvalue weighted by atomic mass is 9.95. The summed E-state index contributed by atoms with van der Waals surface area (Å²) in [5.74, 6) is 1.18. The SMILES string of the molecule is Cc1c(C(=O)N[C@@H]2C[C@@H]3CC[C@@H]2C3)cccc1[N+](=O)[O-]. The van der Waals surface area contributed by atoms with Crippen LogP contribution in [0.25, 0.3) is 0 Å². The third kappa shape index (κ3) is 2.17. The van der Waals surface area contributed by atoms with E-state index in [0.717, 1.165) is 12.3 Å². The molecule has 0 heterocycles. The highest BCUT2D eigenvalue weighted by Crippen LogP contribution is 2.44. The molecule has 1 aromatic rings. The summed E-state index contributed by atoms with van der Waals surface area (Å²) in [6, 6.07) is 4.91. The lowest BCUT2D eigenvalue weighted by Gasteiger charge is -2.23. The maximum absolute atomic E-state index is 12.3. The van der Waals surface area contributed by atoms with Crippen molar-refractivity contribution in [2.24, 2.45) is 11.8 Å². The predicted molar refractivity (Wildman–Crippen MR) is 74.5 cm³/mol.